The molecule has 0 radical (unpaired) electrons. The van der Waals surface area contributed by atoms with Crippen LogP contribution in [-0.4, -0.2) is 14.3 Å². The van der Waals surface area contributed by atoms with Gasteiger partial charge in [-0.15, -0.1) is 0 Å². The van der Waals surface area contributed by atoms with Crippen molar-refractivity contribution in [2.45, 2.75) is 31.6 Å². The molecule has 0 aliphatic heterocycles. The minimum atomic E-state index is -3.70. The van der Waals surface area contributed by atoms with Crippen LogP contribution in [0.25, 0.3) is 0 Å². The second kappa shape index (κ2) is 7.23. The first-order chi connectivity index (χ1) is 11.2. The quantitative estimate of drug-likeness (QED) is 0.831. The summed E-state index contributed by atoms with van der Waals surface area (Å²) in [6.45, 7) is 5.45. The van der Waals surface area contributed by atoms with Crippen molar-refractivity contribution in [2.75, 3.05) is 10.0 Å². The van der Waals surface area contributed by atoms with Crippen molar-refractivity contribution in [3.05, 3.63) is 53.1 Å². The van der Waals surface area contributed by atoms with Crippen LogP contribution < -0.4 is 10.0 Å². The third-order valence-corrected chi connectivity index (χ3v) is 5.10. The smallest absolute Gasteiger partial charge is 0.261 e. The predicted octanol–water partition coefficient (Wildman–Crippen LogP) is 4.22. The van der Waals surface area contributed by atoms with Gasteiger partial charge in [0.1, 0.15) is 0 Å². The predicted molar refractivity (Wildman–Crippen MR) is 97.1 cm³/mol. The molecule has 1 amide bonds. The Morgan fingerprint density at radius 3 is 2.21 bits per heavy atom. The lowest BCUT2D eigenvalue weighted by Gasteiger charge is -2.11. The number of sulfonamides is 1. The standard InChI is InChI=1S/C17H19ClN2O3S/c1-11(2)13-4-7-15(8-5-13)24(22,23)20-14-6-9-17(16(18)10-14)19-12(3)21/h4-11,20H,1-3H3,(H,19,21). The Labute approximate surface area is 147 Å². The van der Waals surface area contributed by atoms with Gasteiger partial charge in [0.05, 0.1) is 21.3 Å². The highest BCUT2D eigenvalue weighted by Crippen LogP contribution is 2.27. The highest BCUT2D eigenvalue weighted by molar-refractivity contribution is 7.92. The molecule has 0 unspecified atom stereocenters. The van der Waals surface area contributed by atoms with Gasteiger partial charge in [0.25, 0.3) is 10.0 Å². The van der Waals surface area contributed by atoms with Crippen LogP contribution in [0, 0.1) is 0 Å². The lowest BCUT2D eigenvalue weighted by molar-refractivity contribution is -0.114. The molecule has 0 atom stereocenters. The van der Waals surface area contributed by atoms with Gasteiger partial charge in [-0.3, -0.25) is 9.52 Å². The first-order valence-corrected chi connectivity index (χ1v) is 9.25. The maximum atomic E-state index is 12.4. The third kappa shape index (κ3) is 4.49. The molecule has 2 N–H and O–H groups in total. The van der Waals surface area contributed by atoms with Crippen LogP contribution in [0.1, 0.15) is 32.3 Å². The van der Waals surface area contributed by atoms with E-state index in [0.717, 1.165) is 5.56 Å². The van der Waals surface area contributed by atoms with Crippen molar-refractivity contribution in [1.82, 2.24) is 0 Å². The van der Waals surface area contributed by atoms with Crippen molar-refractivity contribution in [3.8, 4) is 0 Å². The highest BCUT2D eigenvalue weighted by Gasteiger charge is 2.15. The molecular formula is C17H19ClN2O3S. The molecule has 0 saturated heterocycles. The average Bonchev–Trinajstić information content (AvgIpc) is 2.49. The minimum Gasteiger partial charge on any atom is -0.325 e. The first kappa shape index (κ1) is 18.3. The lowest BCUT2D eigenvalue weighted by atomic mass is 10.0. The molecule has 0 spiro atoms. The molecule has 2 aromatic carbocycles. The largest absolute Gasteiger partial charge is 0.325 e. The molecule has 0 aliphatic carbocycles. The van der Waals surface area contributed by atoms with E-state index in [4.69, 9.17) is 11.6 Å². The Kier molecular flexibility index (Phi) is 5.51. The number of anilines is 2. The molecule has 0 aliphatic rings. The number of carbonyl (C=O) groups excluding carboxylic acids is 1. The second-order valence-corrected chi connectivity index (χ2v) is 7.79. The van der Waals surface area contributed by atoms with Crippen LogP contribution in [0.3, 0.4) is 0 Å². The van der Waals surface area contributed by atoms with E-state index < -0.39 is 10.0 Å². The fraction of sp³-hybridized carbons (Fsp3) is 0.235. The molecule has 7 heteroatoms. The van der Waals surface area contributed by atoms with Crippen LogP contribution in [0.15, 0.2) is 47.4 Å². The van der Waals surface area contributed by atoms with E-state index in [-0.39, 0.29) is 15.8 Å². The van der Waals surface area contributed by atoms with E-state index in [9.17, 15) is 13.2 Å². The summed E-state index contributed by atoms with van der Waals surface area (Å²) in [4.78, 5) is 11.2. The molecule has 0 fully saturated rings. The van der Waals surface area contributed by atoms with Crippen LogP contribution >= 0.6 is 11.6 Å². The number of hydrogen-bond acceptors (Lipinski definition) is 3. The van der Waals surface area contributed by atoms with Gasteiger partial charge in [0.2, 0.25) is 5.91 Å². The summed E-state index contributed by atoms with van der Waals surface area (Å²) in [5, 5.41) is 2.81. The van der Waals surface area contributed by atoms with Gasteiger partial charge in [-0.05, 0) is 41.8 Å². The van der Waals surface area contributed by atoms with Gasteiger partial charge in [-0.25, -0.2) is 8.42 Å². The molecule has 2 rings (SSSR count). The maximum absolute atomic E-state index is 12.4. The van der Waals surface area contributed by atoms with Gasteiger partial charge < -0.3 is 5.32 Å². The zero-order valence-electron chi connectivity index (χ0n) is 13.6. The molecule has 128 valence electrons. The van der Waals surface area contributed by atoms with Gasteiger partial charge in [0, 0.05) is 6.92 Å². The molecule has 5 nitrogen and oxygen atoms in total. The number of hydrogen-bond donors (Lipinski definition) is 2. The Balaban J connectivity index is 2.22. The normalized spacial score (nSPS) is 11.4. The van der Waals surface area contributed by atoms with Crippen LogP contribution in [0.2, 0.25) is 5.02 Å². The topological polar surface area (TPSA) is 75.3 Å². The zero-order chi connectivity index (χ0) is 17.9. The first-order valence-electron chi connectivity index (χ1n) is 7.39. The van der Waals surface area contributed by atoms with E-state index >= 15 is 0 Å². The number of halogens is 1. The second-order valence-electron chi connectivity index (χ2n) is 5.71. The van der Waals surface area contributed by atoms with E-state index in [1.807, 2.05) is 13.8 Å². The molecule has 24 heavy (non-hydrogen) atoms. The van der Waals surface area contributed by atoms with Crippen molar-refractivity contribution >= 4 is 38.9 Å². The summed E-state index contributed by atoms with van der Waals surface area (Å²) in [5.41, 5.74) is 1.81. The number of carbonyl (C=O) groups is 1. The number of benzene rings is 2. The van der Waals surface area contributed by atoms with Crippen molar-refractivity contribution in [3.63, 3.8) is 0 Å². The van der Waals surface area contributed by atoms with E-state index in [1.165, 1.54) is 19.1 Å². The number of nitrogens with one attached hydrogen (secondary N) is 2. The average molecular weight is 367 g/mol. The Morgan fingerprint density at radius 2 is 1.71 bits per heavy atom. The van der Waals surface area contributed by atoms with Crippen molar-refractivity contribution in [1.29, 1.82) is 0 Å². The van der Waals surface area contributed by atoms with E-state index in [0.29, 0.717) is 17.3 Å². The van der Waals surface area contributed by atoms with Gasteiger partial charge in [-0.2, -0.15) is 0 Å². The van der Waals surface area contributed by atoms with Crippen LogP contribution in [0.4, 0.5) is 11.4 Å². The molecule has 0 saturated carbocycles. The SMILES string of the molecule is CC(=O)Nc1ccc(NS(=O)(=O)c2ccc(C(C)C)cc2)cc1Cl. The number of rotatable bonds is 5. The Bertz CT molecular complexity index is 847. The molecular weight excluding hydrogens is 348 g/mol. The van der Waals surface area contributed by atoms with Crippen LogP contribution in [0.5, 0.6) is 0 Å². The molecule has 0 aromatic heterocycles. The highest BCUT2D eigenvalue weighted by atomic mass is 35.5. The summed E-state index contributed by atoms with van der Waals surface area (Å²) < 4.78 is 27.3. The van der Waals surface area contributed by atoms with Gasteiger partial charge in [-0.1, -0.05) is 37.6 Å². The van der Waals surface area contributed by atoms with E-state index in [1.54, 1.807) is 30.3 Å². The summed E-state index contributed by atoms with van der Waals surface area (Å²) >= 11 is 6.05. The zero-order valence-corrected chi connectivity index (χ0v) is 15.2. The van der Waals surface area contributed by atoms with Crippen LogP contribution in [-0.2, 0) is 14.8 Å². The Morgan fingerprint density at radius 1 is 1.08 bits per heavy atom. The minimum absolute atomic E-state index is 0.175. The molecule has 2 aromatic rings. The van der Waals surface area contributed by atoms with E-state index in [2.05, 4.69) is 10.0 Å². The Hall–Kier alpha value is -2.05. The summed E-state index contributed by atoms with van der Waals surface area (Å²) in [6.07, 6.45) is 0. The van der Waals surface area contributed by atoms with Gasteiger partial charge >= 0.3 is 0 Å². The monoisotopic (exact) mass is 366 g/mol. The summed E-state index contributed by atoms with van der Waals surface area (Å²) in [7, 11) is -3.70. The fourth-order valence-electron chi connectivity index (χ4n) is 2.12. The fourth-order valence-corrected chi connectivity index (χ4v) is 3.39. The third-order valence-electron chi connectivity index (χ3n) is 3.39. The maximum Gasteiger partial charge on any atom is 0.261 e. The van der Waals surface area contributed by atoms with Gasteiger partial charge in [0.15, 0.2) is 0 Å². The lowest BCUT2D eigenvalue weighted by Crippen LogP contribution is -2.13. The molecule has 0 bridgehead atoms. The molecule has 0 heterocycles. The van der Waals surface area contributed by atoms with Crippen molar-refractivity contribution in [2.24, 2.45) is 0 Å². The van der Waals surface area contributed by atoms with Crippen molar-refractivity contribution < 1.29 is 13.2 Å². The summed E-state index contributed by atoms with van der Waals surface area (Å²) in [5.74, 6) is 0.0744. The summed E-state index contributed by atoms with van der Waals surface area (Å²) in [6, 6.07) is 11.3. The number of amides is 1.